The molecular formula is C15H19N3O2S. The molecule has 2 N–H and O–H groups in total. The first-order valence-corrected chi connectivity index (χ1v) is 8.07. The van der Waals surface area contributed by atoms with Crippen molar-refractivity contribution in [2.75, 3.05) is 5.32 Å². The average molecular weight is 305 g/mol. The van der Waals surface area contributed by atoms with Crippen LogP contribution in [0.4, 0.5) is 5.82 Å². The van der Waals surface area contributed by atoms with Gasteiger partial charge in [0, 0.05) is 4.88 Å². The largest absolute Gasteiger partial charge is 0.480 e. The zero-order valence-electron chi connectivity index (χ0n) is 12.3. The highest BCUT2D eigenvalue weighted by Gasteiger charge is 2.40. The lowest BCUT2D eigenvalue weighted by molar-refractivity contribution is -0.143. The van der Waals surface area contributed by atoms with Gasteiger partial charge in [0.1, 0.15) is 22.5 Å². The zero-order chi connectivity index (χ0) is 15.0. The molecule has 3 rings (SSSR count). The van der Waals surface area contributed by atoms with E-state index in [1.54, 1.807) is 11.3 Å². The summed E-state index contributed by atoms with van der Waals surface area (Å²) in [5, 5.41) is 13.9. The third-order valence-corrected chi connectivity index (χ3v) is 5.55. The number of carboxylic acid groups (broad SMARTS) is 1. The molecule has 0 saturated heterocycles. The predicted molar refractivity (Wildman–Crippen MR) is 84.0 cm³/mol. The van der Waals surface area contributed by atoms with Gasteiger partial charge < -0.3 is 10.4 Å². The van der Waals surface area contributed by atoms with Gasteiger partial charge in [0.25, 0.3) is 0 Å². The Morgan fingerprint density at radius 1 is 1.29 bits per heavy atom. The second-order valence-electron chi connectivity index (χ2n) is 5.76. The molecular weight excluding hydrogens is 286 g/mol. The lowest BCUT2D eigenvalue weighted by Gasteiger charge is -2.34. The Morgan fingerprint density at radius 2 is 2.00 bits per heavy atom. The van der Waals surface area contributed by atoms with Crippen LogP contribution in [0.25, 0.3) is 10.2 Å². The van der Waals surface area contributed by atoms with E-state index in [0.717, 1.165) is 35.0 Å². The first-order chi connectivity index (χ1) is 10.0. The van der Waals surface area contributed by atoms with E-state index in [1.807, 2.05) is 6.92 Å². The summed E-state index contributed by atoms with van der Waals surface area (Å²) >= 11 is 1.62. The number of aryl methyl sites for hydroxylation is 2. The third kappa shape index (κ3) is 2.37. The van der Waals surface area contributed by atoms with Gasteiger partial charge >= 0.3 is 5.97 Å². The molecule has 2 aromatic heterocycles. The molecule has 0 aliphatic heterocycles. The van der Waals surface area contributed by atoms with Crippen molar-refractivity contribution in [2.45, 2.75) is 51.5 Å². The number of hydrogen-bond acceptors (Lipinski definition) is 5. The number of hydrogen-bond donors (Lipinski definition) is 2. The Labute approximate surface area is 127 Å². The summed E-state index contributed by atoms with van der Waals surface area (Å²) in [4.78, 5) is 22.5. The van der Waals surface area contributed by atoms with Crippen LogP contribution in [-0.4, -0.2) is 26.6 Å². The third-order valence-electron chi connectivity index (χ3n) is 4.44. The molecule has 2 heterocycles. The molecule has 5 nitrogen and oxygen atoms in total. The maximum absolute atomic E-state index is 11.8. The fourth-order valence-electron chi connectivity index (χ4n) is 3.05. The monoisotopic (exact) mass is 305 g/mol. The summed E-state index contributed by atoms with van der Waals surface area (Å²) in [6, 6.07) is 0. The smallest absolute Gasteiger partial charge is 0.329 e. The van der Waals surface area contributed by atoms with Crippen LogP contribution in [0.2, 0.25) is 0 Å². The van der Waals surface area contributed by atoms with Crippen molar-refractivity contribution in [3.8, 4) is 0 Å². The number of aliphatic carboxylic acids is 1. The molecule has 0 amide bonds. The average Bonchev–Trinajstić information content (AvgIpc) is 2.76. The number of nitrogens with one attached hydrogen (secondary N) is 1. The van der Waals surface area contributed by atoms with Crippen molar-refractivity contribution < 1.29 is 9.90 Å². The normalized spacial score (nSPS) is 17.8. The van der Waals surface area contributed by atoms with Crippen LogP contribution < -0.4 is 5.32 Å². The minimum Gasteiger partial charge on any atom is -0.480 e. The van der Waals surface area contributed by atoms with Crippen molar-refractivity contribution >= 4 is 33.3 Å². The maximum Gasteiger partial charge on any atom is 0.329 e. The van der Waals surface area contributed by atoms with E-state index in [0.29, 0.717) is 18.7 Å². The van der Waals surface area contributed by atoms with Crippen LogP contribution in [-0.2, 0) is 4.79 Å². The maximum atomic E-state index is 11.8. The van der Waals surface area contributed by atoms with Gasteiger partial charge in [0.15, 0.2) is 0 Å². The fourth-order valence-corrected chi connectivity index (χ4v) is 4.05. The Hall–Kier alpha value is -1.69. The van der Waals surface area contributed by atoms with E-state index in [-0.39, 0.29) is 0 Å². The van der Waals surface area contributed by atoms with Crippen molar-refractivity contribution in [2.24, 2.45) is 0 Å². The topological polar surface area (TPSA) is 75.1 Å². The first-order valence-electron chi connectivity index (χ1n) is 7.26. The minimum absolute atomic E-state index is 0.649. The zero-order valence-corrected chi connectivity index (χ0v) is 13.1. The number of rotatable bonds is 3. The number of fused-ring (bicyclic) bond motifs is 1. The summed E-state index contributed by atoms with van der Waals surface area (Å²) in [5.41, 5.74) is 0.247. The summed E-state index contributed by atoms with van der Waals surface area (Å²) in [7, 11) is 0. The number of thiophene rings is 1. The molecule has 0 atom stereocenters. The van der Waals surface area contributed by atoms with Gasteiger partial charge in [0.05, 0.1) is 5.39 Å². The molecule has 0 bridgehead atoms. The van der Waals surface area contributed by atoms with Gasteiger partial charge in [-0.1, -0.05) is 19.3 Å². The Kier molecular flexibility index (Phi) is 3.57. The van der Waals surface area contributed by atoms with Crippen LogP contribution >= 0.6 is 11.3 Å². The van der Waals surface area contributed by atoms with Crippen molar-refractivity contribution in [3.05, 3.63) is 16.8 Å². The van der Waals surface area contributed by atoms with E-state index >= 15 is 0 Å². The lowest BCUT2D eigenvalue weighted by atomic mass is 9.81. The highest BCUT2D eigenvalue weighted by molar-refractivity contribution is 7.18. The van der Waals surface area contributed by atoms with Gasteiger partial charge in [-0.3, -0.25) is 0 Å². The van der Waals surface area contributed by atoms with E-state index in [4.69, 9.17) is 0 Å². The molecule has 2 aromatic rings. The number of aromatic nitrogens is 2. The van der Waals surface area contributed by atoms with Gasteiger partial charge in [0.2, 0.25) is 0 Å². The second kappa shape index (κ2) is 5.26. The Morgan fingerprint density at radius 3 is 2.67 bits per heavy atom. The molecule has 0 spiro atoms. The number of anilines is 1. The van der Waals surface area contributed by atoms with Gasteiger partial charge in [-0.2, -0.15) is 0 Å². The highest BCUT2D eigenvalue weighted by atomic mass is 32.1. The molecule has 1 aliphatic rings. The summed E-state index contributed by atoms with van der Waals surface area (Å²) < 4.78 is 0. The van der Waals surface area contributed by atoms with Crippen LogP contribution in [0, 0.1) is 13.8 Å². The van der Waals surface area contributed by atoms with Crippen molar-refractivity contribution in [1.82, 2.24) is 9.97 Å². The fraction of sp³-hybridized carbons (Fsp3) is 0.533. The molecule has 21 heavy (non-hydrogen) atoms. The van der Waals surface area contributed by atoms with Gasteiger partial charge in [-0.15, -0.1) is 11.3 Å². The summed E-state index contributed by atoms with van der Waals surface area (Å²) in [6.07, 6.45) is 5.79. The highest BCUT2D eigenvalue weighted by Crippen LogP contribution is 2.37. The second-order valence-corrected chi connectivity index (χ2v) is 6.96. The van der Waals surface area contributed by atoms with Crippen molar-refractivity contribution in [1.29, 1.82) is 0 Å². The van der Waals surface area contributed by atoms with E-state index < -0.39 is 11.5 Å². The minimum atomic E-state index is -0.887. The SMILES string of the molecule is Cc1sc2ncnc(NC3(C(=O)O)CCCCC3)c2c1C. The quantitative estimate of drug-likeness (QED) is 0.907. The number of nitrogens with zero attached hydrogens (tertiary/aromatic N) is 2. The van der Waals surface area contributed by atoms with E-state index in [1.165, 1.54) is 11.2 Å². The first kappa shape index (κ1) is 14.3. The molecule has 112 valence electrons. The standard InChI is InChI=1S/C15H19N3O2S/c1-9-10(2)21-13-11(9)12(16-8-17-13)18-15(14(19)20)6-4-3-5-7-15/h8H,3-7H2,1-2H3,(H,19,20)(H,16,17,18). The van der Waals surface area contributed by atoms with Gasteiger partial charge in [-0.05, 0) is 32.3 Å². The number of carboxylic acids is 1. The van der Waals surface area contributed by atoms with Crippen molar-refractivity contribution in [3.63, 3.8) is 0 Å². The van der Waals surface area contributed by atoms with E-state index in [2.05, 4.69) is 22.2 Å². The van der Waals surface area contributed by atoms with Crippen LogP contribution in [0.3, 0.4) is 0 Å². The summed E-state index contributed by atoms with van der Waals surface area (Å²) in [5.74, 6) is -0.121. The molecule has 1 fully saturated rings. The molecule has 0 aromatic carbocycles. The number of carbonyl (C=O) groups is 1. The predicted octanol–water partition coefficient (Wildman–Crippen LogP) is 3.51. The molecule has 0 radical (unpaired) electrons. The van der Waals surface area contributed by atoms with E-state index in [9.17, 15) is 9.90 Å². The molecule has 1 saturated carbocycles. The lowest BCUT2D eigenvalue weighted by Crippen LogP contribution is -2.48. The summed E-state index contributed by atoms with van der Waals surface area (Å²) in [6.45, 7) is 4.09. The molecule has 0 unspecified atom stereocenters. The molecule has 6 heteroatoms. The molecule has 1 aliphatic carbocycles. The van der Waals surface area contributed by atoms with Crippen LogP contribution in [0.5, 0.6) is 0 Å². The Balaban J connectivity index is 2.06. The van der Waals surface area contributed by atoms with Crippen LogP contribution in [0.1, 0.15) is 42.5 Å². The van der Waals surface area contributed by atoms with Gasteiger partial charge in [-0.25, -0.2) is 14.8 Å². The van der Waals surface area contributed by atoms with Crippen LogP contribution in [0.15, 0.2) is 6.33 Å². The Bertz CT molecular complexity index is 690.